The van der Waals surface area contributed by atoms with Crippen molar-refractivity contribution in [2.24, 2.45) is 0 Å². The Labute approximate surface area is 179 Å². The maximum atomic E-state index is 7.26. The smallest absolute Gasteiger partial charge is 0.187 e. The van der Waals surface area contributed by atoms with Gasteiger partial charge < -0.3 is 4.42 Å². The van der Waals surface area contributed by atoms with E-state index in [4.69, 9.17) is 11.0 Å². The fourth-order valence-electron chi connectivity index (χ4n) is 4.26. The van der Waals surface area contributed by atoms with E-state index >= 15 is 0 Å². The van der Waals surface area contributed by atoms with Crippen LogP contribution in [-0.2, 0) is 0 Å². The lowest BCUT2D eigenvalue weighted by Crippen LogP contribution is -1.85. The molecule has 4 aromatic carbocycles. The van der Waals surface area contributed by atoms with Gasteiger partial charge in [-0.25, -0.2) is 4.85 Å². The Morgan fingerprint density at radius 3 is 2.45 bits per heavy atom. The second-order valence-electron chi connectivity index (χ2n) is 7.54. The topological polar surface area (TPSA) is 30.4 Å². The molecule has 0 radical (unpaired) electrons. The van der Waals surface area contributed by atoms with Gasteiger partial charge in [0.05, 0.1) is 12.3 Å². The zero-order valence-electron chi connectivity index (χ0n) is 16.5. The summed E-state index contributed by atoms with van der Waals surface area (Å²) in [6, 6.07) is 30.5. The Morgan fingerprint density at radius 2 is 1.58 bits per heavy atom. The molecule has 0 aliphatic heterocycles. The van der Waals surface area contributed by atoms with Crippen LogP contribution in [0.15, 0.2) is 102 Å². The van der Waals surface area contributed by atoms with Crippen LogP contribution >= 0.6 is 0 Å². The molecular formula is C28H16N2O. The zero-order valence-corrected chi connectivity index (χ0v) is 16.5. The van der Waals surface area contributed by atoms with Crippen molar-refractivity contribution in [2.45, 2.75) is 0 Å². The van der Waals surface area contributed by atoms with Gasteiger partial charge in [-0.1, -0.05) is 66.7 Å². The Kier molecular flexibility index (Phi) is 3.84. The number of benzene rings is 4. The molecule has 3 nitrogen and oxygen atoms in total. The van der Waals surface area contributed by atoms with Crippen LogP contribution in [0.3, 0.4) is 0 Å². The van der Waals surface area contributed by atoms with Crippen molar-refractivity contribution in [3.05, 3.63) is 109 Å². The molecular weight excluding hydrogens is 380 g/mol. The van der Waals surface area contributed by atoms with Gasteiger partial charge in [-0.2, -0.15) is 0 Å². The second kappa shape index (κ2) is 6.83. The van der Waals surface area contributed by atoms with E-state index in [0.717, 1.165) is 55.1 Å². The van der Waals surface area contributed by atoms with Crippen molar-refractivity contribution in [3.8, 4) is 22.4 Å². The number of hydrogen-bond donors (Lipinski definition) is 0. The van der Waals surface area contributed by atoms with Gasteiger partial charge in [0.1, 0.15) is 11.2 Å². The lowest BCUT2D eigenvalue weighted by Gasteiger charge is -2.06. The minimum absolute atomic E-state index is 0.630. The van der Waals surface area contributed by atoms with Crippen LogP contribution in [0.4, 0.5) is 5.69 Å². The summed E-state index contributed by atoms with van der Waals surface area (Å²) in [4.78, 5) is 8.18. The average Bonchev–Trinajstić information content (AvgIpc) is 3.21. The number of aromatic nitrogens is 1. The van der Waals surface area contributed by atoms with E-state index in [9.17, 15) is 0 Å². The monoisotopic (exact) mass is 396 g/mol. The number of nitrogens with zero attached hydrogens (tertiary/aromatic N) is 2. The third-order valence-corrected chi connectivity index (χ3v) is 5.73. The molecule has 6 aromatic rings. The summed E-state index contributed by atoms with van der Waals surface area (Å²) in [6.07, 6.45) is 1.79. The van der Waals surface area contributed by atoms with E-state index in [1.165, 1.54) is 0 Å². The van der Waals surface area contributed by atoms with Crippen LogP contribution in [0.5, 0.6) is 0 Å². The second-order valence-corrected chi connectivity index (χ2v) is 7.54. The van der Waals surface area contributed by atoms with Gasteiger partial charge >= 0.3 is 0 Å². The number of pyridine rings is 1. The number of hydrogen-bond acceptors (Lipinski definition) is 2. The molecule has 2 heterocycles. The minimum atomic E-state index is 0.630. The number of fused-ring (bicyclic) bond motifs is 4. The minimum Gasteiger partial charge on any atom is -0.455 e. The van der Waals surface area contributed by atoms with Gasteiger partial charge in [0, 0.05) is 33.5 Å². The van der Waals surface area contributed by atoms with Crippen molar-refractivity contribution in [2.75, 3.05) is 0 Å². The maximum absolute atomic E-state index is 7.26. The number of rotatable bonds is 2. The quantitative estimate of drug-likeness (QED) is 0.277. The molecule has 0 N–H and O–H groups in total. The molecule has 0 fully saturated rings. The molecule has 0 spiro atoms. The van der Waals surface area contributed by atoms with Gasteiger partial charge in [0.15, 0.2) is 5.69 Å². The highest BCUT2D eigenvalue weighted by molar-refractivity contribution is 6.10. The van der Waals surface area contributed by atoms with Crippen molar-refractivity contribution in [3.63, 3.8) is 0 Å². The summed E-state index contributed by atoms with van der Waals surface area (Å²) in [5.74, 6) is 0. The van der Waals surface area contributed by atoms with E-state index in [1.807, 2.05) is 42.5 Å². The lowest BCUT2D eigenvalue weighted by molar-refractivity contribution is 0.670. The van der Waals surface area contributed by atoms with E-state index in [2.05, 4.69) is 58.4 Å². The molecule has 0 aliphatic rings. The molecule has 0 unspecified atom stereocenters. The fourth-order valence-corrected chi connectivity index (χ4v) is 4.26. The third kappa shape index (κ3) is 2.78. The predicted octanol–water partition coefficient (Wildman–Crippen LogP) is 8.02. The van der Waals surface area contributed by atoms with Crippen LogP contribution in [-0.4, -0.2) is 4.98 Å². The van der Waals surface area contributed by atoms with Crippen molar-refractivity contribution < 1.29 is 4.42 Å². The molecule has 6 rings (SSSR count). The van der Waals surface area contributed by atoms with Crippen LogP contribution in [0.2, 0.25) is 0 Å². The van der Waals surface area contributed by atoms with E-state index < -0.39 is 0 Å². The standard InChI is InChI=1S/C28H16N2O/c1-29-21-11-13-22-19(16-21)14-15-30-27(22)20-10-12-24-25-9-5-8-23(18-6-3-2-4-7-18)28(25)31-26(24)17-20/h2-17H. The van der Waals surface area contributed by atoms with Gasteiger partial charge in [-0.05, 0) is 35.2 Å². The fraction of sp³-hybridized carbons (Fsp3) is 0. The zero-order chi connectivity index (χ0) is 20.8. The summed E-state index contributed by atoms with van der Waals surface area (Å²) in [7, 11) is 0. The molecule has 0 saturated heterocycles. The first-order valence-electron chi connectivity index (χ1n) is 10.1. The third-order valence-electron chi connectivity index (χ3n) is 5.73. The molecule has 0 bridgehead atoms. The average molecular weight is 396 g/mol. The molecule has 144 valence electrons. The summed E-state index contributed by atoms with van der Waals surface area (Å²) in [6.45, 7) is 7.26. The first kappa shape index (κ1) is 17.4. The number of furan rings is 1. The summed E-state index contributed by atoms with van der Waals surface area (Å²) in [5.41, 5.74) is 6.48. The largest absolute Gasteiger partial charge is 0.455 e. The number of para-hydroxylation sites is 1. The van der Waals surface area contributed by atoms with Crippen LogP contribution in [0, 0.1) is 6.57 Å². The highest BCUT2D eigenvalue weighted by Gasteiger charge is 2.14. The normalized spacial score (nSPS) is 11.2. The predicted molar refractivity (Wildman–Crippen MR) is 126 cm³/mol. The van der Waals surface area contributed by atoms with Crippen molar-refractivity contribution in [1.82, 2.24) is 4.98 Å². The van der Waals surface area contributed by atoms with E-state index in [-0.39, 0.29) is 0 Å². The van der Waals surface area contributed by atoms with Crippen LogP contribution in [0.1, 0.15) is 0 Å². The van der Waals surface area contributed by atoms with Gasteiger partial charge in [0.2, 0.25) is 0 Å². The van der Waals surface area contributed by atoms with Crippen molar-refractivity contribution >= 4 is 38.4 Å². The Bertz CT molecular complexity index is 1640. The Morgan fingerprint density at radius 1 is 0.710 bits per heavy atom. The molecule has 0 aliphatic carbocycles. The highest BCUT2D eigenvalue weighted by Crippen LogP contribution is 2.38. The summed E-state index contributed by atoms with van der Waals surface area (Å²) < 4.78 is 6.38. The van der Waals surface area contributed by atoms with E-state index in [1.54, 1.807) is 6.20 Å². The Hall–Kier alpha value is -4.42. The van der Waals surface area contributed by atoms with Crippen molar-refractivity contribution in [1.29, 1.82) is 0 Å². The molecule has 3 heteroatoms. The van der Waals surface area contributed by atoms with Gasteiger partial charge in [-0.15, -0.1) is 0 Å². The molecule has 2 aromatic heterocycles. The lowest BCUT2D eigenvalue weighted by atomic mass is 10.0. The summed E-state index contributed by atoms with van der Waals surface area (Å²) in [5, 5.41) is 4.23. The highest BCUT2D eigenvalue weighted by atomic mass is 16.3. The molecule has 0 saturated carbocycles. The van der Waals surface area contributed by atoms with E-state index in [0.29, 0.717) is 5.69 Å². The first-order chi connectivity index (χ1) is 15.3. The Balaban J connectivity index is 1.57. The maximum Gasteiger partial charge on any atom is 0.187 e. The van der Waals surface area contributed by atoms with Crippen LogP contribution in [0.25, 0.3) is 59.9 Å². The molecule has 0 atom stereocenters. The van der Waals surface area contributed by atoms with Gasteiger partial charge in [-0.3, -0.25) is 4.98 Å². The van der Waals surface area contributed by atoms with Crippen LogP contribution < -0.4 is 0 Å². The summed E-state index contributed by atoms with van der Waals surface area (Å²) >= 11 is 0. The molecule has 0 amide bonds. The molecule has 31 heavy (non-hydrogen) atoms. The van der Waals surface area contributed by atoms with Gasteiger partial charge in [0.25, 0.3) is 0 Å². The SMILES string of the molecule is [C-]#[N+]c1ccc2c(-c3ccc4c(c3)oc3c(-c5ccccc5)cccc34)nccc2c1. The first-order valence-corrected chi connectivity index (χ1v) is 10.1.